The number of aromatic nitrogens is 1. The smallest absolute Gasteiger partial charge is 0.191 e. The van der Waals surface area contributed by atoms with Gasteiger partial charge in [-0.25, -0.2) is 4.99 Å². The standard InChI is InChI=1S/C22H35N5O3/c1-3-18(4-2)21-16-20(30-26-21)17-25-22(23-8-7-19-6-5-13-29-19)24-9-10-27-11-14-28-15-12-27/h5-6,13,16,18H,3-4,7-12,14-15,17H2,1-2H3,(H2,23,24,25). The van der Waals surface area contributed by atoms with Gasteiger partial charge in [0.05, 0.1) is 25.2 Å². The first-order valence-electron chi connectivity index (χ1n) is 11.1. The van der Waals surface area contributed by atoms with E-state index in [-0.39, 0.29) is 0 Å². The van der Waals surface area contributed by atoms with Crippen LogP contribution in [0.25, 0.3) is 0 Å². The number of ether oxygens (including phenoxy) is 1. The van der Waals surface area contributed by atoms with Gasteiger partial charge in [0.2, 0.25) is 0 Å². The lowest BCUT2D eigenvalue weighted by molar-refractivity contribution is 0.0389. The highest BCUT2D eigenvalue weighted by Gasteiger charge is 2.13. The zero-order valence-corrected chi connectivity index (χ0v) is 18.2. The third-order valence-corrected chi connectivity index (χ3v) is 5.44. The van der Waals surface area contributed by atoms with E-state index in [4.69, 9.17) is 18.7 Å². The van der Waals surface area contributed by atoms with Crippen molar-refractivity contribution in [2.75, 3.05) is 45.9 Å². The van der Waals surface area contributed by atoms with Gasteiger partial charge in [-0.05, 0) is 25.0 Å². The van der Waals surface area contributed by atoms with Crippen molar-refractivity contribution in [1.82, 2.24) is 20.7 Å². The molecule has 2 aromatic rings. The van der Waals surface area contributed by atoms with Crippen molar-refractivity contribution < 1.29 is 13.7 Å². The van der Waals surface area contributed by atoms with Crippen LogP contribution < -0.4 is 10.6 Å². The first-order chi connectivity index (χ1) is 14.8. The molecule has 0 radical (unpaired) electrons. The third-order valence-electron chi connectivity index (χ3n) is 5.44. The van der Waals surface area contributed by atoms with E-state index in [1.54, 1.807) is 6.26 Å². The molecule has 3 rings (SSSR count). The van der Waals surface area contributed by atoms with Crippen molar-refractivity contribution in [2.45, 2.75) is 45.6 Å². The minimum atomic E-state index is 0.448. The van der Waals surface area contributed by atoms with Crippen LogP contribution in [0.15, 0.2) is 38.4 Å². The summed E-state index contributed by atoms with van der Waals surface area (Å²) in [5.74, 6) is 2.97. The number of nitrogens with zero attached hydrogens (tertiary/aromatic N) is 3. The lowest BCUT2D eigenvalue weighted by atomic mass is 9.99. The van der Waals surface area contributed by atoms with Gasteiger partial charge in [-0.2, -0.15) is 0 Å². The van der Waals surface area contributed by atoms with Crippen LogP contribution >= 0.6 is 0 Å². The molecule has 2 N–H and O–H groups in total. The molecule has 3 heterocycles. The predicted molar refractivity (Wildman–Crippen MR) is 117 cm³/mol. The lowest BCUT2D eigenvalue weighted by Crippen LogP contribution is -2.44. The quantitative estimate of drug-likeness (QED) is 0.429. The number of hydrogen-bond acceptors (Lipinski definition) is 6. The third kappa shape index (κ3) is 7.18. The van der Waals surface area contributed by atoms with Crippen LogP contribution in [0.4, 0.5) is 0 Å². The summed E-state index contributed by atoms with van der Waals surface area (Å²) in [5.41, 5.74) is 1.03. The fraction of sp³-hybridized carbons (Fsp3) is 0.636. The number of aliphatic imine (C=N–C) groups is 1. The van der Waals surface area contributed by atoms with Crippen LogP contribution in [0, 0.1) is 0 Å². The Morgan fingerprint density at radius 3 is 2.70 bits per heavy atom. The number of hydrogen-bond donors (Lipinski definition) is 2. The monoisotopic (exact) mass is 417 g/mol. The Morgan fingerprint density at radius 1 is 1.17 bits per heavy atom. The van der Waals surface area contributed by atoms with E-state index in [0.29, 0.717) is 12.5 Å². The molecule has 2 aromatic heterocycles. The van der Waals surface area contributed by atoms with Crippen molar-refractivity contribution in [3.05, 3.63) is 41.7 Å². The van der Waals surface area contributed by atoms with Crippen LogP contribution in [0.1, 0.15) is 49.8 Å². The first kappa shape index (κ1) is 22.4. The molecular weight excluding hydrogens is 382 g/mol. The van der Waals surface area contributed by atoms with E-state index in [2.05, 4.69) is 34.5 Å². The van der Waals surface area contributed by atoms with E-state index in [1.165, 1.54) is 0 Å². The normalized spacial score (nSPS) is 15.6. The van der Waals surface area contributed by atoms with Gasteiger partial charge in [0.25, 0.3) is 0 Å². The summed E-state index contributed by atoms with van der Waals surface area (Å²) in [6.07, 6.45) is 4.63. The topological polar surface area (TPSA) is 88.1 Å². The van der Waals surface area contributed by atoms with E-state index in [1.807, 2.05) is 18.2 Å². The van der Waals surface area contributed by atoms with Gasteiger partial charge in [0, 0.05) is 51.1 Å². The van der Waals surface area contributed by atoms with Gasteiger partial charge in [-0.15, -0.1) is 0 Å². The van der Waals surface area contributed by atoms with Crippen LogP contribution in [0.2, 0.25) is 0 Å². The largest absolute Gasteiger partial charge is 0.469 e. The molecule has 0 spiro atoms. The van der Waals surface area contributed by atoms with Gasteiger partial charge in [-0.3, -0.25) is 4.90 Å². The van der Waals surface area contributed by atoms with Gasteiger partial charge in [-0.1, -0.05) is 19.0 Å². The van der Waals surface area contributed by atoms with Crippen molar-refractivity contribution in [1.29, 1.82) is 0 Å². The summed E-state index contributed by atoms with van der Waals surface area (Å²) >= 11 is 0. The zero-order valence-electron chi connectivity index (χ0n) is 18.2. The fourth-order valence-corrected chi connectivity index (χ4v) is 3.55. The van der Waals surface area contributed by atoms with Gasteiger partial charge in [0.15, 0.2) is 11.7 Å². The van der Waals surface area contributed by atoms with E-state index < -0.39 is 0 Å². The molecule has 1 aliphatic heterocycles. The molecule has 0 amide bonds. The second-order valence-corrected chi connectivity index (χ2v) is 7.53. The predicted octanol–water partition coefficient (Wildman–Crippen LogP) is 2.78. The summed E-state index contributed by atoms with van der Waals surface area (Å²) < 4.78 is 16.3. The number of furan rings is 1. The fourth-order valence-electron chi connectivity index (χ4n) is 3.55. The Morgan fingerprint density at radius 2 is 1.97 bits per heavy atom. The molecule has 0 atom stereocenters. The van der Waals surface area contributed by atoms with Crippen molar-refractivity contribution in [3.63, 3.8) is 0 Å². The highest BCUT2D eigenvalue weighted by Crippen LogP contribution is 2.22. The van der Waals surface area contributed by atoms with Crippen LogP contribution in [-0.2, 0) is 17.7 Å². The molecule has 1 fully saturated rings. The Hall–Kier alpha value is -2.32. The summed E-state index contributed by atoms with van der Waals surface area (Å²) in [4.78, 5) is 7.10. The second-order valence-electron chi connectivity index (χ2n) is 7.53. The summed E-state index contributed by atoms with van der Waals surface area (Å²) in [5, 5.41) is 11.1. The number of rotatable bonds is 11. The van der Waals surface area contributed by atoms with Crippen LogP contribution in [-0.4, -0.2) is 62.0 Å². The van der Waals surface area contributed by atoms with Crippen LogP contribution in [0.3, 0.4) is 0 Å². The Labute approximate surface area is 179 Å². The number of guanidine groups is 1. The van der Waals surface area contributed by atoms with E-state index >= 15 is 0 Å². The Balaban J connectivity index is 1.52. The molecule has 0 aromatic carbocycles. The average molecular weight is 418 g/mol. The summed E-state index contributed by atoms with van der Waals surface area (Å²) in [7, 11) is 0. The first-order valence-corrected chi connectivity index (χ1v) is 11.1. The molecule has 0 aliphatic carbocycles. The molecule has 8 heteroatoms. The zero-order chi connectivity index (χ0) is 21.0. The van der Waals surface area contributed by atoms with Crippen molar-refractivity contribution in [2.24, 2.45) is 4.99 Å². The molecule has 0 unspecified atom stereocenters. The maximum atomic E-state index is 5.51. The molecule has 166 valence electrons. The summed E-state index contributed by atoms with van der Waals surface area (Å²) in [6.45, 7) is 10.9. The second kappa shape index (κ2) is 12.4. The van der Waals surface area contributed by atoms with E-state index in [9.17, 15) is 0 Å². The van der Waals surface area contributed by atoms with Crippen molar-refractivity contribution in [3.8, 4) is 0 Å². The van der Waals surface area contributed by atoms with E-state index in [0.717, 1.165) is 88.4 Å². The average Bonchev–Trinajstić information content (AvgIpc) is 3.46. The van der Waals surface area contributed by atoms with Gasteiger partial charge >= 0.3 is 0 Å². The summed E-state index contributed by atoms with van der Waals surface area (Å²) in [6, 6.07) is 5.93. The molecule has 1 saturated heterocycles. The number of nitrogens with one attached hydrogen (secondary N) is 2. The SMILES string of the molecule is CCC(CC)c1cc(CN=C(NCCc2ccco2)NCCN2CCOCC2)on1. The molecule has 30 heavy (non-hydrogen) atoms. The molecule has 0 bridgehead atoms. The highest BCUT2D eigenvalue weighted by atomic mass is 16.5. The van der Waals surface area contributed by atoms with Crippen molar-refractivity contribution >= 4 is 5.96 Å². The maximum Gasteiger partial charge on any atom is 0.191 e. The molecule has 8 nitrogen and oxygen atoms in total. The molecule has 0 saturated carbocycles. The number of morpholine rings is 1. The van der Waals surface area contributed by atoms with Gasteiger partial charge < -0.3 is 24.3 Å². The lowest BCUT2D eigenvalue weighted by Gasteiger charge is -2.26. The Kier molecular flexibility index (Phi) is 9.24. The van der Waals surface area contributed by atoms with Crippen LogP contribution in [0.5, 0.6) is 0 Å². The minimum absolute atomic E-state index is 0.448. The minimum Gasteiger partial charge on any atom is -0.469 e. The van der Waals surface area contributed by atoms with Gasteiger partial charge in [0.1, 0.15) is 12.3 Å². The molecule has 1 aliphatic rings. The highest BCUT2D eigenvalue weighted by molar-refractivity contribution is 5.79. The molecular formula is C22H35N5O3. The Bertz CT molecular complexity index is 734. The maximum absolute atomic E-state index is 5.51.